The monoisotopic (exact) mass is 335 g/mol. The summed E-state index contributed by atoms with van der Waals surface area (Å²) in [6, 6.07) is 18.3. The van der Waals surface area contributed by atoms with Gasteiger partial charge < -0.3 is 4.74 Å². The zero-order valence-corrected chi connectivity index (χ0v) is 14.3. The van der Waals surface area contributed by atoms with Gasteiger partial charge in [-0.2, -0.15) is 0 Å². The molecule has 0 aliphatic heterocycles. The Labute approximate surface area is 147 Å². The molecule has 1 aliphatic carbocycles. The lowest BCUT2D eigenvalue weighted by Gasteiger charge is -2.26. The number of carbonyl (C=O) groups is 1. The summed E-state index contributed by atoms with van der Waals surface area (Å²) in [4.78, 5) is 15.4. The second kappa shape index (κ2) is 7.41. The number of benzene rings is 2. The second-order valence-corrected chi connectivity index (χ2v) is 6.62. The molecule has 0 saturated heterocycles. The van der Waals surface area contributed by atoms with E-state index < -0.39 is 5.41 Å². The third kappa shape index (κ3) is 3.67. The molecule has 0 bridgehead atoms. The van der Waals surface area contributed by atoms with E-state index in [1.54, 1.807) is 0 Å². The van der Waals surface area contributed by atoms with Gasteiger partial charge in [0.1, 0.15) is 0 Å². The van der Waals surface area contributed by atoms with Crippen molar-refractivity contribution in [1.82, 2.24) is 0 Å². The zero-order chi connectivity index (χ0) is 17.7. The number of azide groups is 1. The molecule has 25 heavy (non-hydrogen) atoms. The molecule has 128 valence electrons. The van der Waals surface area contributed by atoms with Gasteiger partial charge >= 0.3 is 5.97 Å². The number of hydrogen-bond acceptors (Lipinski definition) is 3. The number of methoxy groups -OCH3 is 1. The SMILES string of the molecule is COC(=O)[C@]1(Cc2cccc(-c3ccccc3)c2)CC[C@@H](N=[N+]=[N-])C1. The maximum Gasteiger partial charge on any atom is 0.312 e. The van der Waals surface area contributed by atoms with Crippen molar-refractivity contribution in [2.75, 3.05) is 7.11 Å². The van der Waals surface area contributed by atoms with Crippen molar-refractivity contribution >= 4 is 5.97 Å². The van der Waals surface area contributed by atoms with E-state index in [9.17, 15) is 4.79 Å². The van der Waals surface area contributed by atoms with Gasteiger partial charge in [-0.05, 0) is 47.9 Å². The molecule has 5 heteroatoms. The molecule has 0 aromatic heterocycles. The fourth-order valence-corrected chi connectivity index (χ4v) is 3.79. The lowest BCUT2D eigenvalue weighted by atomic mass is 9.79. The van der Waals surface area contributed by atoms with Crippen LogP contribution in [0.15, 0.2) is 59.7 Å². The maximum atomic E-state index is 12.5. The van der Waals surface area contributed by atoms with E-state index >= 15 is 0 Å². The predicted octanol–water partition coefficient (Wildman–Crippen LogP) is 4.92. The van der Waals surface area contributed by atoms with E-state index in [0.29, 0.717) is 19.3 Å². The molecule has 1 aliphatic rings. The average molecular weight is 335 g/mol. The van der Waals surface area contributed by atoms with Crippen LogP contribution in [0.4, 0.5) is 0 Å². The number of esters is 1. The first-order valence-corrected chi connectivity index (χ1v) is 8.44. The lowest BCUT2D eigenvalue weighted by Crippen LogP contribution is -2.32. The van der Waals surface area contributed by atoms with Crippen molar-refractivity contribution in [1.29, 1.82) is 0 Å². The molecule has 0 spiro atoms. The molecule has 2 atom stereocenters. The van der Waals surface area contributed by atoms with Crippen molar-refractivity contribution in [2.45, 2.75) is 31.7 Å². The molecule has 2 aromatic carbocycles. The number of ether oxygens (including phenoxy) is 1. The summed E-state index contributed by atoms with van der Waals surface area (Å²) >= 11 is 0. The van der Waals surface area contributed by atoms with Crippen LogP contribution in [0.2, 0.25) is 0 Å². The Morgan fingerprint density at radius 3 is 2.72 bits per heavy atom. The first-order valence-electron chi connectivity index (χ1n) is 8.44. The van der Waals surface area contributed by atoms with Gasteiger partial charge in [-0.25, -0.2) is 0 Å². The van der Waals surface area contributed by atoms with Crippen molar-refractivity contribution in [3.05, 3.63) is 70.6 Å². The Hall–Kier alpha value is -2.78. The van der Waals surface area contributed by atoms with Crippen LogP contribution < -0.4 is 0 Å². The number of hydrogen-bond donors (Lipinski definition) is 0. The fourth-order valence-electron chi connectivity index (χ4n) is 3.79. The van der Waals surface area contributed by atoms with Gasteiger partial charge in [0.15, 0.2) is 0 Å². The molecule has 2 aromatic rings. The highest BCUT2D eigenvalue weighted by Gasteiger charge is 2.46. The fraction of sp³-hybridized carbons (Fsp3) is 0.350. The van der Waals surface area contributed by atoms with Crippen molar-refractivity contribution in [3.8, 4) is 11.1 Å². The average Bonchev–Trinajstić information content (AvgIpc) is 3.06. The first kappa shape index (κ1) is 17.1. The highest BCUT2D eigenvalue weighted by atomic mass is 16.5. The van der Waals surface area contributed by atoms with Crippen LogP contribution in [-0.2, 0) is 16.0 Å². The molecule has 0 amide bonds. The van der Waals surface area contributed by atoms with E-state index in [0.717, 1.165) is 23.1 Å². The molecule has 1 fully saturated rings. The van der Waals surface area contributed by atoms with E-state index in [2.05, 4.69) is 34.3 Å². The molecule has 0 N–H and O–H groups in total. The van der Waals surface area contributed by atoms with Gasteiger partial charge in [-0.15, -0.1) is 0 Å². The topological polar surface area (TPSA) is 75.1 Å². The summed E-state index contributed by atoms with van der Waals surface area (Å²) in [6.45, 7) is 0. The molecular formula is C20H21N3O2. The third-order valence-electron chi connectivity index (χ3n) is 4.99. The van der Waals surface area contributed by atoms with Crippen LogP contribution in [0, 0.1) is 5.41 Å². The van der Waals surface area contributed by atoms with E-state index in [4.69, 9.17) is 10.3 Å². The zero-order valence-electron chi connectivity index (χ0n) is 14.3. The number of rotatable bonds is 5. The summed E-state index contributed by atoms with van der Waals surface area (Å²) in [5, 5.41) is 3.82. The second-order valence-electron chi connectivity index (χ2n) is 6.62. The summed E-state index contributed by atoms with van der Waals surface area (Å²) in [5.41, 5.74) is 11.4. The molecule has 0 unspecified atom stereocenters. The van der Waals surface area contributed by atoms with Gasteiger partial charge in [0.25, 0.3) is 0 Å². The van der Waals surface area contributed by atoms with Crippen LogP contribution in [0.5, 0.6) is 0 Å². The van der Waals surface area contributed by atoms with Crippen molar-refractivity contribution in [2.24, 2.45) is 10.5 Å². The van der Waals surface area contributed by atoms with Gasteiger partial charge in [0.05, 0.1) is 12.5 Å². The van der Waals surface area contributed by atoms with E-state index in [1.807, 2.05) is 30.3 Å². The minimum atomic E-state index is -0.608. The first-order chi connectivity index (χ1) is 12.2. The number of carbonyl (C=O) groups excluding carboxylic acids is 1. The Balaban J connectivity index is 1.88. The highest BCUT2D eigenvalue weighted by Crippen LogP contribution is 2.43. The van der Waals surface area contributed by atoms with E-state index in [1.165, 1.54) is 7.11 Å². The molecule has 0 heterocycles. The summed E-state index contributed by atoms with van der Waals surface area (Å²) in [6.07, 6.45) is 2.54. The highest BCUT2D eigenvalue weighted by molar-refractivity contribution is 5.78. The van der Waals surface area contributed by atoms with Crippen LogP contribution in [0.3, 0.4) is 0 Å². The summed E-state index contributed by atoms with van der Waals surface area (Å²) in [5.74, 6) is -0.215. The summed E-state index contributed by atoms with van der Waals surface area (Å²) < 4.78 is 5.08. The Morgan fingerprint density at radius 1 is 1.24 bits per heavy atom. The summed E-state index contributed by atoms with van der Waals surface area (Å²) in [7, 11) is 1.42. The van der Waals surface area contributed by atoms with Gasteiger partial charge in [0.2, 0.25) is 0 Å². The molecular weight excluding hydrogens is 314 g/mol. The van der Waals surface area contributed by atoms with Crippen LogP contribution in [0.25, 0.3) is 21.6 Å². The van der Waals surface area contributed by atoms with Crippen molar-refractivity contribution < 1.29 is 9.53 Å². The predicted molar refractivity (Wildman–Crippen MR) is 96.8 cm³/mol. The minimum absolute atomic E-state index is 0.138. The minimum Gasteiger partial charge on any atom is -0.469 e. The lowest BCUT2D eigenvalue weighted by molar-refractivity contribution is -0.152. The van der Waals surface area contributed by atoms with Gasteiger partial charge in [0, 0.05) is 11.0 Å². The normalized spacial score (nSPS) is 22.2. The van der Waals surface area contributed by atoms with Crippen LogP contribution in [-0.4, -0.2) is 19.1 Å². The Bertz CT molecular complexity index is 800. The van der Waals surface area contributed by atoms with E-state index in [-0.39, 0.29) is 12.0 Å². The van der Waals surface area contributed by atoms with Gasteiger partial charge in [-0.3, -0.25) is 4.79 Å². The van der Waals surface area contributed by atoms with Crippen LogP contribution in [0.1, 0.15) is 24.8 Å². The number of nitrogens with zero attached hydrogens (tertiary/aromatic N) is 3. The Morgan fingerprint density at radius 2 is 2.00 bits per heavy atom. The molecule has 1 saturated carbocycles. The molecule has 5 nitrogen and oxygen atoms in total. The quantitative estimate of drug-likeness (QED) is 0.337. The molecule has 3 rings (SSSR count). The van der Waals surface area contributed by atoms with Crippen LogP contribution >= 0.6 is 0 Å². The van der Waals surface area contributed by atoms with Crippen molar-refractivity contribution in [3.63, 3.8) is 0 Å². The van der Waals surface area contributed by atoms with Gasteiger partial charge in [-0.1, -0.05) is 59.7 Å². The third-order valence-corrected chi connectivity index (χ3v) is 4.99. The molecule has 0 radical (unpaired) electrons. The Kier molecular flexibility index (Phi) is 5.05. The smallest absolute Gasteiger partial charge is 0.312 e. The largest absolute Gasteiger partial charge is 0.469 e. The maximum absolute atomic E-state index is 12.5. The standard InChI is InChI=1S/C20H21N3O2/c1-25-19(24)20(11-10-18(14-20)22-23-21)13-15-6-5-9-17(12-15)16-7-3-2-4-8-16/h2-9,12,18H,10-11,13-14H2,1H3/t18-,20+/m1/s1.